The quantitative estimate of drug-likeness (QED) is 0.748. The molecule has 0 saturated heterocycles. The molecule has 0 fully saturated rings. The van der Waals surface area contributed by atoms with Gasteiger partial charge in [0.05, 0.1) is 6.54 Å². The van der Waals surface area contributed by atoms with E-state index in [0.717, 1.165) is 0 Å². The molecule has 0 radical (unpaired) electrons. The summed E-state index contributed by atoms with van der Waals surface area (Å²) in [4.78, 5) is 21.7. The van der Waals surface area contributed by atoms with Gasteiger partial charge in [0.15, 0.2) is 0 Å². The molecule has 0 saturated carbocycles. The molecular formula is C10H14N2O4. The van der Waals surface area contributed by atoms with Crippen molar-refractivity contribution in [2.45, 2.75) is 26.3 Å². The number of carbonyl (C=O) groups is 2. The van der Waals surface area contributed by atoms with Crippen LogP contribution < -0.4 is 5.32 Å². The third-order valence-electron chi connectivity index (χ3n) is 2.01. The Morgan fingerprint density at radius 1 is 1.56 bits per heavy atom. The molecule has 1 aromatic heterocycles. The lowest BCUT2D eigenvalue weighted by Gasteiger charge is -2.08. The van der Waals surface area contributed by atoms with Crippen LogP contribution in [0.2, 0.25) is 0 Å². The lowest BCUT2D eigenvalue weighted by Crippen LogP contribution is -2.25. The average Bonchev–Trinajstić information content (AvgIpc) is 2.65. The Hall–Kier alpha value is -1.85. The topological polar surface area (TPSA) is 92.4 Å². The second-order valence-corrected chi connectivity index (χ2v) is 3.67. The summed E-state index contributed by atoms with van der Waals surface area (Å²) in [6.07, 6.45) is 1.62. The number of hydrogen-bond donors (Lipinski definition) is 2. The Kier molecular flexibility index (Phi) is 4.50. The second kappa shape index (κ2) is 5.89. The van der Waals surface area contributed by atoms with Crippen LogP contribution in [0.4, 0.5) is 0 Å². The summed E-state index contributed by atoms with van der Waals surface area (Å²) in [6, 6.07) is 1.65. The van der Waals surface area contributed by atoms with Crippen molar-refractivity contribution < 1.29 is 19.2 Å². The van der Waals surface area contributed by atoms with E-state index in [1.54, 1.807) is 13.0 Å². The number of aromatic nitrogens is 1. The number of carboxylic acids is 1. The lowest BCUT2D eigenvalue weighted by atomic mass is 10.0. The minimum atomic E-state index is -0.892. The number of carboxylic acid groups (broad SMARTS) is 1. The SMILES string of the molecule is CC(CC(=O)O)CC(=O)NCc1ccon1. The maximum atomic E-state index is 11.4. The Bertz CT molecular complexity index is 348. The van der Waals surface area contributed by atoms with Gasteiger partial charge in [0.25, 0.3) is 0 Å². The van der Waals surface area contributed by atoms with Gasteiger partial charge in [-0.15, -0.1) is 0 Å². The third-order valence-corrected chi connectivity index (χ3v) is 2.01. The fourth-order valence-electron chi connectivity index (χ4n) is 1.28. The van der Waals surface area contributed by atoms with Gasteiger partial charge in [0.2, 0.25) is 5.91 Å². The molecule has 1 atom stereocenters. The minimum absolute atomic E-state index is 0.00260. The van der Waals surface area contributed by atoms with E-state index in [1.807, 2.05) is 0 Å². The number of carbonyl (C=O) groups excluding carboxylic acids is 1. The summed E-state index contributed by atoms with van der Waals surface area (Å²) < 4.78 is 4.60. The molecule has 0 aliphatic heterocycles. The van der Waals surface area contributed by atoms with Gasteiger partial charge in [-0.05, 0) is 5.92 Å². The Morgan fingerprint density at radius 2 is 2.31 bits per heavy atom. The zero-order valence-electron chi connectivity index (χ0n) is 8.97. The molecule has 1 unspecified atom stereocenters. The first-order valence-corrected chi connectivity index (χ1v) is 4.95. The Labute approximate surface area is 92.6 Å². The summed E-state index contributed by atoms with van der Waals surface area (Å²) in [5, 5.41) is 14.8. The van der Waals surface area contributed by atoms with Crippen LogP contribution in [-0.2, 0) is 16.1 Å². The third kappa shape index (κ3) is 4.59. The maximum Gasteiger partial charge on any atom is 0.303 e. The van der Waals surface area contributed by atoms with Crippen LogP contribution in [0.3, 0.4) is 0 Å². The van der Waals surface area contributed by atoms with Crippen molar-refractivity contribution in [2.24, 2.45) is 5.92 Å². The summed E-state index contributed by atoms with van der Waals surface area (Å²) in [5.41, 5.74) is 0.638. The first-order chi connectivity index (χ1) is 7.58. The van der Waals surface area contributed by atoms with Gasteiger partial charge in [-0.25, -0.2) is 0 Å². The van der Waals surface area contributed by atoms with E-state index in [2.05, 4.69) is 15.0 Å². The molecular weight excluding hydrogens is 212 g/mol. The van der Waals surface area contributed by atoms with E-state index in [1.165, 1.54) is 6.26 Å². The number of nitrogens with zero attached hydrogens (tertiary/aromatic N) is 1. The normalized spacial score (nSPS) is 12.1. The fraction of sp³-hybridized carbons (Fsp3) is 0.500. The number of amides is 1. The van der Waals surface area contributed by atoms with Crippen LogP contribution in [0.5, 0.6) is 0 Å². The summed E-state index contributed by atoms with van der Waals surface area (Å²) in [5.74, 6) is -1.25. The van der Waals surface area contributed by atoms with Gasteiger partial charge in [0, 0.05) is 18.9 Å². The molecule has 6 nitrogen and oxygen atoms in total. The smallest absolute Gasteiger partial charge is 0.303 e. The monoisotopic (exact) mass is 226 g/mol. The standard InChI is InChI=1S/C10H14N2O4/c1-7(5-10(14)15)4-9(13)11-6-8-2-3-16-12-8/h2-3,7H,4-6H2,1H3,(H,11,13)(H,14,15). The number of rotatable bonds is 6. The predicted molar refractivity (Wildman–Crippen MR) is 54.4 cm³/mol. The molecule has 6 heteroatoms. The number of aliphatic carboxylic acids is 1. The molecule has 0 bridgehead atoms. The average molecular weight is 226 g/mol. The van der Waals surface area contributed by atoms with Crippen LogP contribution in [0.1, 0.15) is 25.5 Å². The molecule has 0 aliphatic rings. The van der Waals surface area contributed by atoms with Crippen molar-refractivity contribution in [1.29, 1.82) is 0 Å². The fourth-order valence-corrected chi connectivity index (χ4v) is 1.28. The van der Waals surface area contributed by atoms with E-state index < -0.39 is 5.97 Å². The molecule has 1 rings (SSSR count). The summed E-state index contributed by atoms with van der Waals surface area (Å²) in [7, 11) is 0. The molecule has 0 aliphatic carbocycles. The number of nitrogens with one attached hydrogen (secondary N) is 1. The highest BCUT2D eigenvalue weighted by atomic mass is 16.5. The van der Waals surface area contributed by atoms with Crippen LogP contribution in [0, 0.1) is 5.92 Å². The van der Waals surface area contributed by atoms with Gasteiger partial charge in [-0.1, -0.05) is 12.1 Å². The van der Waals surface area contributed by atoms with Crippen molar-refractivity contribution in [2.75, 3.05) is 0 Å². The highest BCUT2D eigenvalue weighted by Gasteiger charge is 2.12. The highest BCUT2D eigenvalue weighted by molar-refractivity contribution is 5.77. The van der Waals surface area contributed by atoms with Crippen LogP contribution >= 0.6 is 0 Å². The van der Waals surface area contributed by atoms with Gasteiger partial charge in [0.1, 0.15) is 12.0 Å². The van der Waals surface area contributed by atoms with Gasteiger partial charge in [-0.3, -0.25) is 9.59 Å². The van der Waals surface area contributed by atoms with Crippen molar-refractivity contribution in [3.05, 3.63) is 18.0 Å². The molecule has 1 heterocycles. The molecule has 0 spiro atoms. The highest BCUT2D eigenvalue weighted by Crippen LogP contribution is 2.07. The van der Waals surface area contributed by atoms with E-state index in [-0.39, 0.29) is 24.7 Å². The molecule has 1 aromatic rings. The van der Waals surface area contributed by atoms with Crippen molar-refractivity contribution in [3.63, 3.8) is 0 Å². The van der Waals surface area contributed by atoms with E-state index in [0.29, 0.717) is 12.2 Å². The van der Waals surface area contributed by atoms with E-state index in [4.69, 9.17) is 5.11 Å². The largest absolute Gasteiger partial charge is 0.481 e. The zero-order valence-corrected chi connectivity index (χ0v) is 8.97. The van der Waals surface area contributed by atoms with Crippen molar-refractivity contribution >= 4 is 11.9 Å². The van der Waals surface area contributed by atoms with Gasteiger partial charge < -0.3 is 14.9 Å². The van der Waals surface area contributed by atoms with Gasteiger partial charge in [-0.2, -0.15) is 0 Å². The summed E-state index contributed by atoms with van der Waals surface area (Å²) >= 11 is 0. The molecule has 88 valence electrons. The molecule has 2 N–H and O–H groups in total. The summed E-state index contributed by atoms with van der Waals surface area (Å²) in [6.45, 7) is 2.03. The molecule has 1 amide bonds. The van der Waals surface area contributed by atoms with E-state index in [9.17, 15) is 9.59 Å². The lowest BCUT2D eigenvalue weighted by molar-refractivity contribution is -0.138. The molecule has 16 heavy (non-hydrogen) atoms. The van der Waals surface area contributed by atoms with Gasteiger partial charge >= 0.3 is 5.97 Å². The van der Waals surface area contributed by atoms with Crippen molar-refractivity contribution in [1.82, 2.24) is 10.5 Å². The second-order valence-electron chi connectivity index (χ2n) is 3.67. The molecule has 0 aromatic carbocycles. The van der Waals surface area contributed by atoms with Crippen molar-refractivity contribution in [3.8, 4) is 0 Å². The Balaban J connectivity index is 2.23. The number of hydrogen-bond acceptors (Lipinski definition) is 4. The van der Waals surface area contributed by atoms with Crippen LogP contribution in [0.15, 0.2) is 16.9 Å². The van der Waals surface area contributed by atoms with Crippen LogP contribution in [0.25, 0.3) is 0 Å². The minimum Gasteiger partial charge on any atom is -0.481 e. The maximum absolute atomic E-state index is 11.4. The zero-order chi connectivity index (χ0) is 12.0. The predicted octanol–water partition coefficient (Wildman–Crippen LogP) is 0.792. The first kappa shape index (κ1) is 12.2. The van der Waals surface area contributed by atoms with Crippen LogP contribution in [-0.4, -0.2) is 22.1 Å². The van der Waals surface area contributed by atoms with E-state index >= 15 is 0 Å². The Morgan fingerprint density at radius 3 is 2.88 bits per heavy atom. The first-order valence-electron chi connectivity index (χ1n) is 4.95.